The SMILES string of the molecule is BrCc1ccc(Br)c2c1OCO2. The Morgan fingerprint density at radius 1 is 1.25 bits per heavy atom. The molecule has 0 amide bonds. The summed E-state index contributed by atoms with van der Waals surface area (Å²) in [5.74, 6) is 1.66. The second-order valence-corrected chi connectivity index (χ2v) is 3.82. The number of halogens is 2. The molecule has 2 nitrogen and oxygen atoms in total. The number of hydrogen-bond donors (Lipinski definition) is 0. The summed E-state index contributed by atoms with van der Waals surface area (Å²) in [5.41, 5.74) is 1.12. The van der Waals surface area contributed by atoms with Gasteiger partial charge in [0.25, 0.3) is 0 Å². The number of benzene rings is 1. The van der Waals surface area contributed by atoms with Gasteiger partial charge in [-0.3, -0.25) is 0 Å². The summed E-state index contributed by atoms with van der Waals surface area (Å²) in [5, 5.41) is 0.784. The second kappa shape index (κ2) is 3.26. The Balaban J connectivity index is 2.57. The van der Waals surface area contributed by atoms with E-state index >= 15 is 0 Å². The summed E-state index contributed by atoms with van der Waals surface area (Å²) < 4.78 is 11.5. The Morgan fingerprint density at radius 2 is 2.00 bits per heavy atom. The maximum atomic E-state index is 5.32. The summed E-state index contributed by atoms with van der Waals surface area (Å²) in [6.07, 6.45) is 0. The minimum atomic E-state index is 0.317. The standard InChI is InChI=1S/C8H6Br2O2/c9-3-5-1-2-6(10)8-7(5)11-4-12-8/h1-2H,3-4H2. The van der Waals surface area contributed by atoms with Crippen LogP contribution in [0.15, 0.2) is 16.6 Å². The fourth-order valence-corrected chi connectivity index (χ4v) is 1.99. The number of fused-ring (bicyclic) bond motifs is 1. The number of hydrogen-bond acceptors (Lipinski definition) is 2. The first kappa shape index (κ1) is 8.38. The molecule has 0 N–H and O–H groups in total. The van der Waals surface area contributed by atoms with E-state index in [1.54, 1.807) is 0 Å². The van der Waals surface area contributed by atoms with Gasteiger partial charge in [0, 0.05) is 10.9 Å². The number of ether oxygens (including phenoxy) is 2. The maximum absolute atomic E-state index is 5.32. The third-order valence-electron chi connectivity index (χ3n) is 1.70. The molecule has 0 saturated heterocycles. The first-order chi connectivity index (χ1) is 5.83. The van der Waals surface area contributed by atoms with Gasteiger partial charge in [-0.15, -0.1) is 0 Å². The van der Waals surface area contributed by atoms with Crippen molar-refractivity contribution in [3.05, 3.63) is 22.2 Å². The lowest BCUT2D eigenvalue weighted by Gasteiger charge is -2.02. The van der Waals surface area contributed by atoms with E-state index in [2.05, 4.69) is 31.9 Å². The average molecular weight is 294 g/mol. The van der Waals surface area contributed by atoms with Crippen molar-refractivity contribution in [2.45, 2.75) is 5.33 Å². The topological polar surface area (TPSA) is 18.5 Å². The molecule has 0 radical (unpaired) electrons. The predicted octanol–water partition coefficient (Wildman–Crippen LogP) is 3.07. The summed E-state index contributed by atoms with van der Waals surface area (Å²) >= 11 is 6.78. The minimum Gasteiger partial charge on any atom is -0.453 e. The molecule has 1 aromatic carbocycles. The van der Waals surface area contributed by atoms with Crippen molar-refractivity contribution in [3.8, 4) is 11.5 Å². The van der Waals surface area contributed by atoms with E-state index in [9.17, 15) is 0 Å². The highest BCUT2D eigenvalue weighted by Gasteiger charge is 2.19. The third-order valence-corrected chi connectivity index (χ3v) is 2.92. The van der Waals surface area contributed by atoms with Crippen LogP contribution >= 0.6 is 31.9 Å². The fraction of sp³-hybridized carbons (Fsp3) is 0.250. The average Bonchev–Trinajstić information content (AvgIpc) is 2.54. The van der Waals surface area contributed by atoms with Crippen LogP contribution in [0.1, 0.15) is 5.56 Å². The van der Waals surface area contributed by atoms with Crippen molar-refractivity contribution in [1.82, 2.24) is 0 Å². The van der Waals surface area contributed by atoms with Crippen LogP contribution < -0.4 is 9.47 Å². The highest BCUT2D eigenvalue weighted by Crippen LogP contribution is 2.42. The van der Waals surface area contributed by atoms with Gasteiger partial charge in [0.15, 0.2) is 11.5 Å². The molecular formula is C8H6Br2O2. The Hall–Kier alpha value is -0.220. The van der Waals surface area contributed by atoms with E-state index in [1.807, 2.05) is 12.1 Å². The molecule has 0 fully saturated rings. The summed E-state index contributed by atoms with van der Waals surface area (Å²) in [4.78, 5) is 0. The van der Waals surface area contributed by atoms with Crippen LogP contribution in [0, 0.1) is 0 Å². The summed E-state index contributed by atoms with van der Waals surface area (Å²) in [7, 11) is 0. The van der Waals surface area contributed by atoms with Gasteiger partial charge < -0.3 is 9.47 Å². The van der Waals surface area contributed by atoms with E-state index in [-0.39, 0.29) is 0 Å². The normalized spacial score (nSPS) is 13.5. The van der Waals surface area contributed by atoms with Crippen molar-refractivity contribution in [3.63, 3.8) is 0 Å². The van der Waals surface area contributed by atoms with Crippen molar-refractivity contribution in [2.24, 2.45) is 0 Å². The zero-order chi connectivity index (χ0) is 8.55. The van der Waals surface area contributed by atoms with Gasteiger partial charge in [-0.1, -0.05) is 22.0 Å². The Labute approximate surface area is 87.1 Å². The van der Waals surface area contributed by atoms with Crippen LogP contribution in [0.3, 0.4) is 0 Å². The molecule has 1 aromatic rings. The van der Waals surface area contributed by atoms with Gasteiger partial charge in [-0.05, 0) is 22.0 Å². The molecule has 1 aliphatic heterocycles. The second-order valence-electron chi connectivity index (χ2n) is 2.40. The number of alkyl halides is 1. The molecule has 0 saturated carbocycles. The molecule has 0 atom stereocenters. The van der Waals surface area contributed by atoms with E-state index in [0.29, 0.717) is 6.79 Å². The van der Waals surface area contributed by atoms with Crippen LogP contribution in [-0.2, 0) is 5.33 Å². The number of rotatable bonds is 1. The lowest BCUT2D eigenvalue weighted by Crippen LogP contribution is -1.93. The van der Waals surface area contributed by atoms with Gasteiger partial charge in [0.2, 0.25) is 6.79 Å². The van der Waals surface area contributed by atoms with Crippen LogP contribution in [0.25, 0.3) is 0 Å². The van der Waals surface area contributed by atoms with Gasteiger partial charge in [-0.2, -0.15) is 0 Å². The molecule has 0 bridgehead atoms. The molecule has 1 heterocycles. The van der Waals surface area contributed by atoms with E-state index in [1.165, 1.54) is 0 Å². The lowest BCUT2D eigenvalue weighted by molar-refractivity contribution is 0.173. The Kier molecular flexibility index (Phi) is 2.28. The zero-order valence-electron chi connectivity index (χ0n) is 6.14. The molecule has 2 rings (SSSR count). The molecule has 0 aromatic heterocycles. The molecular weight excluding hydrogens is 288 g/mol. The van der Waals surface area contributed by atoms with Gasteiger partial charge in [-0.25, -0.2) is 0 Å². The van der Waals surface area contributed by atoms with Crippen molar-refractivity contribution < 1.29 is 9.47 Å². The highest BCUT2D eigenvalue weighted by molar-refractivity contribution is 9.10. The minimum absolute atomic E-state index is 0.317. The van der Waals surface area contributed by atoms with Crippen LogP contribution in [0.5, 0.6) is 11.5 Å². The first-order valence-electron chi connectivity index (χ1n) is 3.46. The van der Waals surface area contributed by atoms with Gasteiger partial charge in [0.05, 0.1) is 4.47 Å². The smallest absolute Gasteiger partial charge is 0.231 e. The molecule has 1 aliphatic rings. The van der Waals surface area contributed by atoms with Crippen molar-refractivity contribution in [1.29, 1.82) is 0 Å². The molecule has 0 unspecified atom stereocenters. The summed E-state index contributed by atoms with van der Waals surface area (Å²) in [6.45, 7) is 0.317. The molecule has 64 valence electrons. The van der Waals surface area contributed by atoms with E-state index < -0.39 is 0 Å². The first-order valence-corrected chi connectivity index (χ1v) is 5.37. The molecule has 12 heavy (non-hydrogen) atoms. The monoisotopic (exact) mass is 292 g/mol. The van der Waals surface area contributed by atoms with E-state index in [0.717, 1.165) is 26.9 Å². The van der Waals surface area contributed by atoms with Crippen molar-refractivity contribution in [2.75, 3.05) is 6.79 Å². The Morgan fingerprint density at radius 3 is 2.75 bits per heavy atom. The Bertz CT molecular complexity index is 312. The van der Waals surface area contributed by atoms with Crippen LogP contribution in [-0.4, -0.2) is 6.79 Å². The molecule has 4 heteroatoms. The third kappa shape index (κ3) is 1.23. The molecule has 0 spiro atoms. The van der Waals surface area contributed by atoms with Crippen molar-refractivity contribution >= 4 is 31.9 Å². The van der Waals surface area contributed by atoms with Gasteiger partial charge in [0.1, 0.15) is 0 Å². The predicted molar refractivity (Wildman–Crippen MR) is 52.9 cm³/mol. The van der Waals surface area contributed by atoms with E-state index in [4.69, 9.17) is 9.47 Å². The maximum Gasteiger partial charge on any atom is 0.231 e. The van der Waals surface area contributed by atoms with Crippen LogP contribution in [0.2, 0.25) is 0 Å². The summed E-state index contributed by atoms with van der Waals surface area (Å²) in [6, 6.07) is 3.97. The zero-order valence-corrected chi connectivity index (χ0v) is 9.31. The van der Waals surface area contributed by atoms with Crippen LogP contribution in [0.4, 0.5) is 0 Å². The largest absolute Gasteiger partial charge is 0.453 e. The quantitative estimate of drug-likeness (QED) is 0.741. The molecule has 0 aliphatic carbocycles. The fourth-order valence-electron chi connectivity index (χ4n) is 1.12. The highest BCUT2D eigenvalue weighted by atomic mass is 79.9. The lowest BCUT2D eigenvalue weighted by atomic mass is 10.2. The van der Waals surface area contributed by atoms with Gasteiger partial charge >= 0.3 is 0 Å².